The number of rotatable bonds is 5. The number of anilines is 1. The number of nitrogens with zero attached hydrogens (tertiary/aromatic N) is 2. The molecule has 0 aliphatic carbocycles. The van der Waals surface area contributed by atoms with Gasteiger partial charge in [-0.15, -0.1) is 10.2 Å². The number of benzene rings is 1. The average molecular weight is 326 g/mol. The van der Waals surface area contributed by atoms with Gasteiger partial charge in [0.05, 0.1) is 12.2 Å². The summed E-state index contributed by atoms with van der Waals surface area (Å²) in [5, 5.41) is 9.97. The van der Waals surface area contributed by atoms with Crippen molar-refractivity contribution in [2.45, 2.75) is 13.3 Å². The molecule has 5 nitrogen and oxygen atoms in total. The zero-order valence-corrected chi connectivity index (χ0v) is 12.8. The highest BCUT2D eigenvalue weighted by molar-refractivity contribution is 6.34. The minimum absolute atomic E-state index is 0.00436. The van der Waals surface area contributed by atoms with Crippen molar-refractivity contribution in [1.29, 1.82) is 0 Å². The molecule has 0 unspecified atom stereocenters. The van der Waals surface area contributed by atoms with E-state index in [4.69, 9.17) is 27.9 Å². The van der Waals surface area contributed by atoms with Gasteiger partial charge in [-0.3, -0.25) is 4.79 Å². The Morgan fingerprint density at radius 2 is 2.10 bits per heavy atom. The Hall–Kier alpha value is -1.85. The summed E-state index contributed by atoms with van der Waals surface area (Å²) in [5.41, 5.74) is 0.758. The van der Waals surface area contributed by atoms with Gasteiger partial charge in [0, 0.05) is 11.8 Å². The standard InChI is InChI=1S/C14H13Cl2N3O2/c1-2-6-21-10-5-3-4-9(7-10)17-14(20)11-8-12(15)18-19-13(11)16/h3-5,7-8H,2,6H2,1H3,(H,17,20). The molecule has 2 aromatic rings. The van der Waals surface area contributed by atoms with Crippen LogP contribution in [0.25, 0.3) is 0 Å². The second-order valence-electron chi connectivity index (χ2n) is 4.20. The van der Waals surface area contributed by atoms with Gasteiger partial charge in [0.2, 0.25) is 0 Å². The summed E-state index contributed by atoms with van der Waals surface area (Å²) in [4.78, 5) is 12.1. The van der Waals surface area contributed by atoms with Crippen molar-refractivity contribution in [2.24, 2.45) is 0 Å². The molecule has 0 bridgehead atoms. The van der Waals surface area contributed by atoms with E-state index in [0.29, 0.717) is 18.0 Å². The number of amides is 1. The maximum atomic E-state index is 12.1. The molecular formula is C14H13Cl2N3O2. The topological polar surface area (TPSA) is 64.1 Å². The van der Waals surface area contributed by atoms with Crippen LogP contribution in [0, 0.1) is 0 Å². The first kappa shape index (κ1) is 15.5. The fourth-order valence-electron chi connectivity index (χ4n) is 1.59. The van der Waals surface area contributed by atoms with Gasteiger partial charge in [-0.05, 0) is 24.6 Å². The Bertz CT molecular complexity index is 650. The van der Waals surface area contributed by atoms with Crippen molar-refractivity contribution in [3.05, 3.63) is 46.2 Å². The number of hydrogen-bond donors (Lipinski definition) is 1. The fourth-order valence-corrected chi connectivity index (χ4v) is 1.92. The van der Waals surface area contributed by atoms with Gasteiger partial charge in [-0.1, -0.05) is 36.2 Å². The van der Waals surface area contributed by atoms with Crippen LogP contribution in [-0.2, 0) is 0 Å². The van der Waals surface area contributed by atoms with Crippen molar-refractivity contribution >= 4 is 34.8 Å². The summed E-state index contributed by atoms with van der Waals surface area (Å²) in [6.45, 7) is 2.64. The Labute approximate surface area is 132 Å². The number of carbonyl (C=O) groups is 1. The molecule has 1 heterocycles. The number of aromatic nitrogens is 2. The van der Waals surface area contributed by atoms with Gasteiger partial charge in [-0.2, -0.15) is 0 Å². The first-order valence-corrected chi connectivity index (χ1v) is 7.08. The predicted octanol–water partition coefficient (Wildman–Crippen LogP) is 3.82. The highest BCUT2D eigenvalue weighted by Crippen LogP contribution is 2.20. The van der Waals surface area contributed by atoms with Gasteiger partial charge < -0.3 is 10.1 Å². The van der Waals surface area contributed by atoms with Crippen molar-refractivity contribution in [1.82, 2.24) is 10.2 Å². The van der Waals surface area contributed by atoms with E-state index in [-0.39, 0.29) is 15.9 Å². The van der Waals surface area contributed by atoms with E-state index in [1.807, 2.05) is 13.0 Å². The first-order valence-electron chi connectivity index (χ1n) is 6.33. The molecule has 0 radical (unpaired) electrons. The molecular weight excluding hydrogens is 313 g/mol. The Morgan fingerprint density at radius 3 is 2.86 bits per heavy atom. The van der Waals surface area contributed by atoms with E-state index < -0.39 is 5.91 Å². The molecule has 1 N–H and O–H groups in total. The molecule has 1 amide bonds. The van der Waals surface area contributed by atoms with E-state index in [0.717, 1.165) is 6.42 Å². The van der Waals surface area contributed by atoms with E-state index >= 15 is 0 Å². The summed E-state index contributed by atoms with van der Waals surface area (Å²) >= 11 is 11.6. The second-order valence-corrected chi connectivity index (χ2v) is 4.95. The van der Waals surface area contributed by atoms with Crippen LogP contribution >= 0.6 is 23.2 Å². The van der Waals surface area contributed by atoms with Crippen LogP contribution in [0.1, 0.15) is 23.7 Å². The summed E-state index contributed by atoms with van der Waals surface area (Å²) in [6.07, 6.45) is 0.910. The molecule has 1 aromatic heterocycles. The van der Waals surface area contributed by atoms with Gasteiger partial charge in [0.1, 0.15) is 5.75 Å². The number of hydrogen-bond acceptors (Lipinski definition) is 4. The lowest BCUT2D eigenvalue weighted by Gasteiger charge is -2.09. The highest BCUT2D eigenvalue weighted by atomic mass is 35.5. The largest absolute Gasteiger partial charge is 0.494 e. The molecule has 0 saturated carbocycles. The Balaban J connectivity index is 2.14. The van der Waals surface area contributed by atoms with Crippen molar-refractivity contribution in [3.8, 4) is 5.75 Å². The lowest BCUT2D eigenvalue weighted by Crippen LogP contribution is -2.13. The molecule has 0 aliphatic rings. The lowest BCUT2D eigenvalue weighted by molar-refractivity contribution is 0.102. The molecule has 110 valence electrons. The van der Waals surface area contributed by atoms with Crippen molar-refractivity contribution in [3.63, 3.8) is 0 Å². The summed E-state index contributed by atoms with van der Waals surface area (Å²) in [5.74, 6) is 0.274. The van der Waals surface area contributed by atoms with Gasteiger partial charge >= 0.3 is 0 Å². The summed E-state index contributed by atoms with van der Waals surface area (Å²) < 4.78 is 5.51. The molecule has 0 atom stereocenters. The van der Waals surface area contributed by atoms with E-state index in [9.17, 15) is 4.79 Å². The smallest absolute Gasteiger partial charge is 0.258 e. The number of nitrogens with one attached hydrogen (secondary N) is 1. The van der Waals surface area contributed by atoms with Gasteiger partial charge in [0.25, 0.3) is 5.91 Å². The number of carbonyl (C=O) groups excluding carboxylic acids is 1. The van der Waals surface area contributed by atoms with E-state index in [1.165, 1.54) is 6.07 Å². The summed E-state index contributed by atoms with van der Waals surface area (Å²) in [7, 11) is 0. The molecule has 0 saturated heterocycles. The van der Waals surface area contributed by atoms with Crippen LogP contribution < -0.4 is 10.1 Å². The summed E-state index contributed by atoms with van der Waals surface area (Å²) in [6, 6.07) is 8.46. The minimum Gasteiger partial charge on any atom is -0.494 e. The minimum atomic E-state index is -0.413. The molecule has 7 heteroatoms. The zero-order valence-electron chi connectivity index (χ0n) is 11.3. The van der Waals surface area contributed by atoms with Crippen molar-refractivity contribution in [2.75, 3.05) is 11.9 Å². The van der Waals surface area contributed by atoms with Crippen molar-refractivity contribution < 1.29 is 9.53 Å². The monoisotopic (exact) mass is 325 g/mol. The third-order valence-electron chi connectivity index (χ3n) is 2.53. The molecule has 0 spiro atoms. The van der Waals surface area contributed by atoms with Gasteiger partial charge in [0.15, 0.2) is 10.3 Å². The third-order valence-corrected chi connectivity index (χ3v) is 2.99. The number of ether oxygens (including phenoxy) is 1. The van der Waals surface area contributed by atoms with Crippen LogP contribution in [-0.4, -0.2) is 22.7 Å². The lowest BCUT2D eigenvalue weighted by atomic mass is 10.2. The molecule has 0 fully saturated rings. The maximum Gasteiger partial charge on any atom is 0.258 e. The molecule has 21 heavy (non-hydrogen) atoms. The first-order chi connectivity index (χ1) is 10.1. The van der Waals surface area contributed by atoms with E-state index in [2.05, 4.69) is 15.5 Å². The molecule has 0 aliphatic heterocycles. The second kappa shape index (κ2) is 7.24. The Morgan fingerprint density at radius 1 is 1.29 bits per heavy atom. The van der Waals surface area contributed by atoms with Crippen LogP contribution in [0.3, 0.4) is 0 Å². The molecule has 1 aromatic carbocycles. The molecule has 2 rings (SSSR count). The quantitative estimate of drug-likeness (QED) is 0.907. The van der Waals surface area contributed by atoms with E-state index in [1.54, 1.807) is 18.2 Å². The van der Waals surface area contributed by atoms with Crippen LogP contribution in [0.15, 0.2) is 30.3 Å². The number of halogens is 2. The normalized spacial score (nSPS) is 10.2. The Kier molecular flexibility index (Phi) is 5.36. The maximum absolute atomic E-state index is 12.1. The fraction of sp³-hybridized carbons (Fsp3) is 0.214. The zero-order chi connectivity index (χ0) is 15.2. The third kappa shape index (κ3) is 4.31. The average Bonchev–Trinajstić information content (AvgIpc) is 2.48. The predicted molar refractivity (Wildman–Crippen MR) is 82.2 cm³/mol. The van der Waals surface area contributed by atoms with Crippen LogP contribution in [0.5, 0.6) is 5.75 Å². The SMILES string of the molecule is CCCOc1cccc(NC(=O)c2cc(Cl)nnc2Cl)c1. The highest BCUT2D eigenvalue weighted by Gasteiger charge is 2.13. The van der Waals surface area contributed by atoms with Crippen LogP contribution in [0.4, 0.5) is 5.69 Å². The van der Waals surface area contributed by atoms with Gasteiger partial charge in [-0.25, -0.2) is 0 Å². The van der Waals surface area contributed by atoms with Crippen LogP contribution in [0.2, 0.25) is 10.3 Å².